The SMILES string of the molecule is CC1=CC=CC(C)N=C1N. The maximum atomic E-state index is 5.61. The standard InChI is InChI=1S/C8H12N2/c1-6-4-3-5-7(2)10-8(6)9/h3-5,7H,1-2H3,(H2,9,10). The number of hydrogen-bond acceptors (Lipinski definition) is 2. The molecule has 0 aromatic heterocycles. The summed E-state index contributed by atoms with van der Waals surface area (Å²) in [7, 11) is 0. The molecule has 1 atom stereocenters. The lowest BCUT2D eigenvalue weighted by Gasteiger charge is -1.99. The molecular weight excluding hydrogens is 124 g/mol. The van der Waals surface area contributed by atoms with E-state index in [9.17, 15) is 0 Å². The van der Waals surface area contributed by atoms with Gasteiger partial charge in [-0.25, -0.2) is 0 Å². The molecule has 2 nitrogen and oxygen atoms in total. The number of nitrogens with two attached hydrogens (primary N) is 1. The Morgan fingerprint density at radius 3 is 3.00 bits per heavy atom. The van der Waals surface area contributed by atoms with Crippen LogP contribution in [0, 0.1) is 0 Å². The number of rotatable bonds is 0. The highest BCUT2D eigenvalue weighted by Crippen LogP contribution is 2.03. The lowest BCUT2D eigenvalue weighted by molar-refractivity contribution is 0.926. The van der Waals surface area contributed by atoms with Gasteiger partial charge in [0.05, 0.1) is 6.04 Å². The molecule has 0 bridgehead atoms. The first-order valence-electron chi connectivity index (χ1n) is 3.39. The summed E-state index contributed by atoms with van der Waals surface area (Å²) in [5.41, 5.74) is 6.65. The van der Waals surface area contributed by atoms with E-state index in [4.69, 9.17) is 5.73 Å². The Hall–Kier alpha value is -1.05. The highest BCUT2D eigenvalue weighted by atomic mass is 14.9. The van der Waals surface area contributed by atoms with Gasteiger partial charge in [0.1, 0.15) is 5.84 Å². The molecule has 0 saturated carbocycles. The van der Waals surface area contributed by atoms with Crippen LogP contribution < -0.4 is 5.73 Å². The maximum Gasteiger partial charge on any atom is 0.121 e. The van der Waals surface area contributed by atoms with Crippen molar-refractivity contribution in [3.63, 3.8) is 0 Å². The maximum absolute atomic E-state index is 5.61. The molecule has 0 amide bonds. The van der Waals surface area contributed by atoms with Crippen LogP contribution in [0.3, 0.4) is 0 Å². The van der Waals surface area contributed by atoms with Gasteiger partial charge in [-0.2, -0.15) is 0 Å². The highest BCUT2D eigenvalue weighted by Gasteiger charge is 2.00. The Labute approximate surface area is 61.1 Å². The van der Waals surface area contributed by atoms with Gasteiger partial charge in [0.15, 0.2) is 0 Å². The zero-order chi connectivity index (χ0) is 7.56. The second-order valence-corrected chi connectivity index (χ2v) is 2.49. The van der Waals surface area contributed by atoms with Crippen LogP contribution in [-0.2, 0) is 0 Å². The van der Waals surface area contributed by atoms with Crippen LogP contribution >= 0.6 is 0 Å². The van der Waals surface area contributed by atoms with Crippen molar-refractivity contribution in [2.75, 3.05) is 0 Å². The summed E-state index contributed by atoms with van der Waals surface area (Å²) < 4.78 is 0. The summed E-state index contributed by atoms with van der Waals surface area (Å²) in [6.45, 7) is 3.97. The molecule has 1 aliphatic rings. The third-order valence-corrected chi connectivity index (χ3v) is 1.48. The summed E-state index contributed by atoms with van der Waals surface area (Å²) in [6.07, 6.45) is 5.98. The zero-order valence-electron chi connectivity index (χ0n) is 6.33. The Bertz CT molecular complexity index is 211. The van der Waals surface area contributed by atoms with Crippen molar-refractivity contribution >= 4 is 5.84 Å². The van der Waals surface area contributed by atoms with E-state index in [2.05, 4.69) is 4.99 Å². The van der Waals surface area contributed by atoms with Crippen LogP contribution in [0.15, 0.2) is 28.8 Å². The van der Waals surface area contributed by atoms with Crippen LogP contribution in [-0.4, -0.2) is 11.9 Å². The Kier molecular flexibility index (Phi) is 1.90. The molecule has 0 aromatic carbocycles. The predicted molar refractivity (Wildman–Crippen MR) is 44.0 cm³/mol. The minimum Gasteiger partial charge on any atom is -0.384 e. The van der Waals surface area contributed by atoms with Gasteiger partial charge in [0.25, 0.3) is 0 Å². The van der Waals surface area contributed by atoms with Gasteiger partial charge in [-0.3, -0.25) is 4.99 Å². The molecule has 10 heavy (non-hydrogen) atoms. The summed E-state index contributed by atoms with van der Waals surface area (Å²) in [4.78, 5) is 4.20. The largest absolute Gasteiger partial charge is 0.384 e. The Balaban J connectivity index is 2.90. The molecule has 54 valence electrons. The lowest BCUT2D eigenvalue weighted by Crippen LogP contribution is -2.14. The second kappa shape index (κ2) is 2.69. The molecule has 0 aromatic rings. The van der Waals surface area contributed by atoms with E-state index >= 15 is 0 Å². The number of amidine groups is 1. The van der Waals surface area contributed by atoms with Gasteiger partial charge in [0.2, 0.25) is 0 Å². The van der Waals surface area contributed by atoms with E-state index in [0.29, 0.717) is 5.84 Å². The average molecular weight is 136 g/mol. The smallest absolute Gasteiger partial charge is 0.121 e. The van der Waals surface area contributed by atoms with Gasteiger partial charge in [-0.1, -0.05) is 18.2 Å². The predicted octanol–water partition coefficient (Wildman–Crippen LogP) is 1.25. The quantitative estimate of drug-likeness (QED) is 0.534. The molecule has 0 saturated heterocycles. The van der Waals surface area contributed by atoms with Gasteiger partial charge >= 0.3 is 0 Å². The van der Waals surface area contributed by atoms with Gasteiger partial charge < -0.3 is 5.73 Å². The Morgan fingerprint density at radius 2 is 2.30 bits per heavy atom. The minimum atomic E-state index is 0.216. The molecule has 2 N–H and O–H groups in total. The van der Waals surface area contributed by atoms with Crippen LogP contribution in [0.1, 0.15) is 13.8 Å². The molecule has 0 spiro atoms. The van der Waals surface area contributed by atoms with Crippen molar-refractivity contribution in [1.29, 1.82) is 0 Å². The lowest BCUT2D eigenvalue weighted by atomic mass is 10.2. The Morgan fingerprint density at radius 1 is 1.60 bits per heavy atom. The molecule has 1 heterocycles. The zero-order valence-corrected chi connectivity index (χ0v) is 6.33. The minimum absolute atomic E-state index is 0.216. The second-order valence-electron chi connectivity index (χ2n) is 2.49. The van der Waals surface area contributed by atoms with E-state index in [1.807, 2.05) is 32.1 Å². The van der Waals surface area contributed by atoms with Crippen molar-refractivity contribution in [2.24, 2.45) is 10.7 Å². The fourth-order valence-electron chi connectivity index (χ4n) is 0.810. The molecule has 1 unspecified atom stereocenters. The molecule has 1 aliphatic heterocycles. The number of hydrogen-bond donors (Lipinski definition) is 1. The summed E-state index contributed by atoms with van der Waals surface area (Å²) in [5.74, 6) is 0.650. The first-order valence-corrected chi connectivity index (χ1v) is 3.39. The highest BCUT2D eigenvalue weighted by molar-refractivity contribution is 5.97. The molecule has 1 rings (SSSR count). The summed E-state index contributed by atoms with van der Waals surface area (Å²) in [5, 5.41) is 0. The van der Waals surface area contributed by atoms with Crippen LogP contribution in [0.4, 0.5) is 0 Å². The van der Waals surface area contributed by atoms with Crippen molar-refractivity contribution < 1.29 is 0 Å². The molecular formula is C8H12N2. The van der Waals surface area contributed by atoms with Crippen LogP contribution in [0.2, 0.25) is 0 Å². The van der Waals surface area contributed by atoms with E-state index in [1.54, 1.807) is 0 Å². The van der Waals surface area contributed by atoms with Crippen molar-refractivity contribution in [3.8, 4) is 0 Å². The fourth-order valence-corrected chi connectivity index (χ4v) is 0.810. The fraction of sp³-hybridized carbons (Fsp3) is 0.375. The third kappa shape index (κ3) is 1.47. The molecule has 0 aliphatic carbocycles. The topological polar surface area (TPSA) is 38.4 Å². The molecule has 0 radical (unpaired) electrons. The number of nitrogens with zero attached hydrogens (tertiary/aromatic N) is 1. The molecule has 2 heteroatoms. The first kappa shape index (κ1) is 7.06. The summed E-state index contributed by atoms with van der Waals surface area (Å²) in [6, 6.07) is 0.216. The van der Waals surface area contributed by atoms with Crippen LogP contribution in [0.5, 0.6) is 0 Å². The van der Waals surface area contributed by atoms with Crippen molar-refractivity contribution in [2.45, 2.75) is 19.9 Å². The molecule has 0 fully saturated rings. The van der Waals surface area contributed by atoms with Crippen molar-refractivity contribution in [3.05, 3.63) is 23.8 Å². The third-order valence-electron chi connectivity index (χ3n) is 1.48. The van der Waals surface area contributed by atoms with E-state index < -0.39 is 0 Å². The van der Waals surface area contributed by atoms with Crippen LogP contribution in [0.25, 0.3) is 0 Å². The van der Waals surface area contributed by atoms with E-state index in [0.717, 1.165) is 5.57 Å². The van der Waals surface area contributed by atoms with E-state index in [1.165, 1.54) is 0 Å². The van der Waals surface area contributed by atoms with Gasteiger partial charge in [-0.15, -0.1) is 0 Å². The number of aliphatic imine (C=N–C) groups is 1. The average Bonchev–Trinajstić information content (AvgIpc) is 1.96. The first-order chi connectivity index (χ1) is 4.70. The van der Waals surface area contributed by atoms with Crippen molar-refractivity contribution in [1.82, 2.24) is 0 Å². The number of allylic oxidation sites excluding steroid dienone is 2. The van der Waals surface area contributed by atoms with Gasteiger partial charge in [0, 0.05) is 0 Å². The normalized spacial score (nSPS) is 25.2. The summed E-state index contributed by atoms with van der Waals surface area (Å²) >= 11 is 0. The monoisotopic (exact) mass is 136 g/mol. The van der Waals surface area contributed by atoms with Gasteiger partial charge in [-0.05, 0) is 19.4 Å². The van der Waals surface area contributed by atoms with E-state index in [-0.39, 0.29) is 6.04 Å².